The van der Waals surface area contributed by atoms with Gasteiger partial charge >= 0.3 is 5.97 Å². The molecule has 2 rings (SSSR count). The van der Waals surface area contributed by atoms with E-state index < -0.39 is 46.7 Å². The Labute approximate surface area is 134 Å². The van der Waals surface area contributed by atoms with Gasteiger partial charge in [-0.3, -0.25) is 4.79 Å². The average molecular weight is 364 g/mol. The molecule has 1 aliphatic carbocycles. The van der Waals surface area contributed by atoms with Crippen molar-refractivity contribution in [1.82, 2.24) is 0 Å². The largest absolute Gasteiger partial charge is 0.481 e. The number of halogens is 1. The number of hydrogen-bond donors (Lipinski definition) is 1. The van der Waals surface area contributed by atoms with Gasteiger partial charge in [0.2, 0.25) is 0 Å². The third-order valence-electron chi connectivity index (χ3n) is 4.20. The van der Waals surface area contributed by atoms with Crippen LogP contribution in [0.1, 0.15) is 31.2 Å². The molecule has 1 N–H and O–H groups in total. The summed E-state index contributed by atoms with van der Waals surface area (Å²) >= 11 is 0. The standard InChI is InChI=1S/C14H17FO6S2/c1-22(18,19)11-8-9(7-10(15)12(11)23(2,20)21)14(13(16)17)5-3-4-6-14/h7-8H,3-6H2,1-2H3,(H,16,17). The second-order valence-corrected chi connectivity index (χ2v) is 9.86. The maximum atomic E-state index is 14.4. The molecule has 0 amide bonds. The summed E-state index contributed by atoms with van der Waals surface area (Å²) in [4.78, 5) is 10.1. The van der Waals surface area contributed by atoms with Crippen LogP contribution < -0.4 is 0 Å². The van der Waals surface area contributed by atoms with Crippen LogP contribution in [-0.4, -0.2) is 40.4 Å². The van der Waals surface area contributed by atoms with Gasteiger partial charge in [-0.25, -0.2) is 21.2 Å². The van der Waals surface area contributed by atoms with Crippen LogP contribution >= 0.6 is 0 Å². The molecule has 0 saturated heterocycles. The topological polar surface area (TPSA) is 106 Å². The van der Waals surface area contributed by atoms with Crippen LogP contribution in [0.25, 0.3) is 0 Å². The number of carbonyl (C=O) groups is 1. The van der Waals surface area contributed by atoms with Gasteiger partial charge in [-0.2, -0.15) is 0 Å². The first-order chi connectivity index (χ1) is 10.4. The van der Waals surface area contributed by atoms with Gasteiger partial charge in [0.25, 0.3) is 0 Å². The number of rotatable bonds is 4. The summed E-state index contributed by atoms with van der Waals surface area (Å²) in [5.74, 6) is -2.40. The lowest BCUT2D eigenvalue weighted by Gasteiger charge is -2.25. The highest BCUT2D eigenvalue weighted by molar-refractivity contribution is 7.93. The molecule has 0 bridgehead atoms. The van der Waals surface area contributed by atoms with Gasteiger partial charge in [0, 0.05) is 12.5 Å². The first-order valence-corrected chi connectivity index (χ1v) is 10.7. The SMILES string of the molecule is CS(=O)(=O)c1cc(C2(C(=O)O)CCCC2)cc(F)c1S(C)(=O)=O. The maximum Gasteiger partial charge on any atom is 0.314 e. The van der Waals surface area contributed by atoms with E-state index in [9.17, 15) is 31.1 Å². The maximum absolute atomic E-state index is 14.4. The molecule has 1 saturated carbocycles. The van der Waals surface area contributed by atoms with E-state index in [0.717, 1.165) is 18.4 Å². The Kier molecular flexibility index (Phi) is 4.31. The molecule has 0 aliphatic heterocycles. The van der Waals surface area contributed by atoms with E-state index in [2.05, 4.69) is 0 Å². The summed E-state index contributed by atoms with van der Waals surface area (Å²) in [6.07, 6.45) is 3.23. The molecule has 0 radical (unpaired) electrons. The monoisotopic (exact) mass is 364 g/mol. The number of sulfone groups is 2. The Balaban J connectivity index is 2.86. The first-order valence-electron chi connectivity index (χ1n) is 6.87. The third kappa shape index (κ3) is 3.12. The van der Waals surface area contributed by atoms with Gasteiger partial charge in [-0.1, -0.05) is 12.8 Å². The van der Waals surface area contributed by atoms with Gasteiger partial charge in [0.05, 0.1) is 10.3 Å². The summed E-state index contributed by atoms with van der Waals surface area (Å²) in [5.41, 5.74) is -1.39. The zero-order chi connectivity index (χ0) is 17.6. The van der Waals surface area contributed by atoms with E-state index in [1.54, 1.807) is 0 Å². The summed E-state index contributed by atoms with van der Waals surface area (Å²) in [7, 11) is -8.18. The minimum atomic E-state index is -4.13. The van der Waals surface area contributed by atoms with Gasteiger partial charge in [-0.05, 0) is 30.5 Å². The fourth-order valence-electron chi connectivity index (χ4n) is 3.08. The van der Waals surface area contributed by atoms with Crippen molar-refractivity contribution < 1.29 is 31.1 Å². The molecular weight excluding hydrogens is 347 g/mol. The zero-order valence-corrected chi connectivity index (χ0v) is 14.3. The number of hydrogen-bond acceptors (Lipinski definition) is 5. The predicted octanol–water partition coefficient (Wildman–Crippen LogP) is 1.53. The molecular formula is C14H17FO6S2. The van der Waals surface area contributed by atoms with Crippen molar-refractivity contribution in [3.05, 3.63) is 23.5 Å². The zero-order valence-electron chi connectivity index (χ0n) is 12.7. The molecule has 0 spiro atoms. The molecule has 9 heteroatoms. The highest BCUT2D eigenvalue weighted by atomic mass is 32.2. The molecule has 0 atom stereocenters. The van der Waals surface area contributed by atoms with Crippen molar-refractivity contribution in [2.24, 2.45) is 0 Å². The minimum Gasteiger partial charge on any atom is -0.481 e. The van der Waals surface area contributed by atoms with E-state index in [1.807, 2.05) is 0 Å². The van der Waals surface area contributed by atoms with Crippen LogP contribution in [0.2, 0.25) is 0 Å². The Bertz CT molecular complexity index is 865. The van der Waals surface area contributed by atoms with Crippen LogP contribution in [0.15, 0.2) is 21.9 Å². The Hall–Kier alpha value is -1.48. The van der Waals surface area contributed by atoms with Crippen LogP contribution in [0, 0.1) is 5.82 Å². The lowest BCUT2D eigenvalue weighted by Crippen LogP contribution is -2.33. The fraction of sp³-hybridized carbons (Fsp3) is 0.500. The molecule has 1 aromatic carbocycles. The molecule has 1 fully saturated rings. The molecule has 0 unspecified atom stereocenters. The average Bonchev–Trinajstić information content (AvgIpc) is 2.85. The van der Waals surface area contributed by atoms with Crippen molar-refractivity contribution in [1.29, 1.82) is 0 Å². The number of carboxylic acids is 1. The van der Waals surface area contributed by atoms with Gasteiger partial charge < -0.3 is 5.11 Å². The van der Waals surface area contributed by atoms with Gasteiger partial charge in [-0.15, -0.1) is 0 Å². The van der Waals surface area contributed by atoms with E-state index in [1.165, 1.54) is 0 Å². The molecule has 1 aliphatic rings. The summed E-state index contributed by atoms with van der Waals surface area (Å²) in [6, 6.07) is 1.83. The van der Waals surface area contributed by atoms with E-state index in [0.29, 0.717) is 19.1 Å². The first kappa shape index (κ1) is 17.9. The number of aliphatic carboxylic acids is 1. The molecule has 0 heterocycles. The quantitative estimate of drug-likeness (QED) is 0.868. The van der Waals surface area contributed by atoms with Crippen LogP contribution in [0.3, 0.4) is 0 Å². The van der Waals surface area contributed by atoms with Crippen LogP contribution in [0.4, 0.5) is 4.39 Å². The van der Waals surface area contributed by atoms with Crippen LogP contribution in [0.5, 0.6) is 0 Å². The highest BCUT2D eigenvalue weighted by Gasteiger charge is 2.44. The van der Waals surface area contributed by atoms with Crippen molar-refractivity contribution in [2.45, 2.75) is 40.9 Å². The van der Waals surface area contributed by atoms with E-state index in [-0.39, 0.29) is 18.4 Å². The third-order valence-corrected chi connectivity index (χ3v) is 6.61. The summed E-state index contributed by atoms with van der Waals surface area (Å²) in [5, 5.41) is 9.54. The minimum absolute atomic E-state index is 0.00664. The Morgan fingerprint density at radius 1 is 1.09 bits per heavy atom. The van der Waals surface area contributed by atoms with Crippen LogP contribution in [-0.2, 0) is 29.9 Å². The van der Waals surface area contributed by atoms with E-state index >= 15 is 0 Å². The van der Waals surface area contributed by atoms with Crippen molar-refractivity contribution in [3.63, 3.8) is 0 Å². The van der Waals surface area contributed by atoms with Crippen molar-refractivity contribution in [2.75, 3.05) is 12.5 Å². The molecule has 128 valence electrons. The van der Waals surface area contributed by atoms with Gasteiger partial charge in [0.1, 0.15) is 10.7 Å². The van der Waals surface area contributed by atoms with Crippen molar-refractivity contribution >= 4 is 25.6 Å². The van der Waals surface area contributed by atoms with Crippen molar-refractivity contribution in [3.8, 4) is 0 Å². The van der Waals surface area contributed by atoms with Gasteiger partial charge in [0.15, 0.2) is 19.7 Å². The summed E-state index contributed by atoms with van der Waals surface area (Å²) < 4.78 is 61.7. The normalized spacial score (nSPS) is 18.0. The fourth-order valence-corrected chi connectivity index (χ4v) is 5.61. The second-order valence-electron chi connectivity index (χ2n) is 5.92. The second kappa shape index (κ2) is 5.55. The molecule has 0 aromatic heterocycles. The number of carboxylic acid groups (broad SMARTS) is 1. The molecule has 1 aromatic rings. The lowest BCUT2D eigenvalue weighted by molar-refractivity contribution is -0.143. The predicted molar refractivity (Wildman–Crippen MR) is 80.4 cm³/mol. The number of benzene rings is 1. The Morgan fingerprint density at radius 2 is 1.61 bits per heavy atom. The Morgan fingerprint density at radius 3 is 2.00 bits per heavy atom. The molecule has 6 nitrogen and oxygen atoms in total. The summed E-state index contributed by atoms with van der Waals surface area (Å²) in [6.45, 7) is 0. The van der Waals surface area contributed by atoms with E-state index in [4.69, 9.17) is 0 Å². The lowest BCUT2D eigenvalue weighted by atomic mass is 9.79. The highest BCUT2D eigenvalue weighted by Crippen LogP contribution is 2.43. The smallest absolute Gasteiger partial charge is 0.314 e. The molecule has 23 heavy (non-hydrogen) atoms.